The second kappa shape index (κ2) is 3.84. The summed E-state index contributed by atoms with van der Waals surface area (Å²) in [6.07, 6.45) is 3.56. The molecule has 1 atom stereocenters. The Morgan fingerprint density at radius 1 is 1.35 bits per heavy atom. The van der Waals surface area contributed by atoms with Crippen LogP contribution >= 0.6 is 0 Å². The molecule has 0 saturated heterocycles. The maximum Gasteiger partial charge on any atom is 0.116 e. The first-order valence-electron chi connectivity index (χ1n) is 5.84. The van der Waals surface area contributed by atoms with Crippen molar-refractivity contribution in [3.63, 3.8) is 0 Å². The molecule has 0 bridgehead atoms. The van der Waals surface area contributed by atoms with E-state index in [0.717, 1.165) is 17.9 Å². The number of furan rings is 1. The molecule has 1 unspecified atom stereocenters. The predicted molar refractivity (Wildman–Crippen MR) is 69.5 cm³/mol. The third-order valence-corrected chi connectivity index (χ3v) is 3.28. The van der Waals surface area contributed by atoms with Crippen molar-refractivity contribution >= 4 is 11.4 Å². The van der Waals surface area contributed by atoms with Gasteiger partial charge in [-0.15, -0.1) is 0 Å². The summed E-state index contributed by atoms with van der Waals surface area (Å²) in [6.45, 7) is 3.08. The molecule has 0 saturated carbocycles. The molecule has 2 aromatic rings. The highest BCUT2D eigenvalue weighted by atomic mass is 16.3. The van der Waals surface area contributed by atoms with Gasteiger partial charge in [0, 0.05) is 13.6 Å². The summed E-state index contributed by atoms with van der Waals surface area (Å²) in [5, 5.41) is 3.52. The fourth-order valence-corrected chi connectivity index (χ4v) is 2.38. The molecule has 0 fully saturated rings. The highest BCUT2D eigenvalue weighted by molar-refractivity contribution is 5.71. The molecular weight excluding hydrogens is 212 g/mol. The van der Waals surface area contributed by atoms with Crippen molar-refractivity contribution in [2.45, 2.75) is 13.0 Å². The number of hydrogen-bond acceptors (Lipinski definition) is 3. The number of fused-ring (bicyclic) bond motifs is 1. The minimum absolute atomic E-state index is 0.324. The van der Waals surface area contributed by atoms with E-state index in [1.807, 2.05) is 0 Å². The maximum absolute atomic E-state index is 5.24. The van der Waals surface area contributed by atoms with Crippen LogP contribution < -0.4 is 10.2 Å². The van der Waals surface area contributed by atoms with Crippen molar-refractivity contribution in [2.75, 3.05) is 23.8 Å². The summed E-state index contributed by atoms with van der Waals surface area (Å²) in [4.78, 5) is 2.22. The van der Waals surface area contributed by atoms with Crippen molar-refractivity contribution in [1.29, 1.82) is 0 Å². The lowest BCUT2D eigenvalue weighted by Crippen LogP contribution is -2.32. The van der Waals surface area contributed by atoms with Gasteiger partial charge in [0.05, 0.1) is 17.4 Å². The van der Waals surface area contributed by atoms with Gasteiger partial charge >= 0.3 is 0 Å². The van der Waals surface area contributed by atoms with Gasteiger partial charge in [0.2, 0.25) is 0 Å². The third kappa shape index (κ3) is 1.78. The first-order valence-corrected chi connectivity index (χ1v) is 5.84. The number of nitrogens with zero attached hydrogens (tertiary/aromatic N) is 1. The van der Waals surface area contributed by atoms with E-state index in [9.17, 15) is 0 Å². The van der Waals surface area contributed by atoms with Crippen molar-refractivity contribution in [3.8, 4) is 0 Å². The van der Waals surface area contributed by atoms with E-state index >= 15 is 0 Å². The topological polar surface area (TPSA) is 28.4 Å². The zero-order chi connectivity index (χ0) is 11.8. The van der Waals surface area contributed by atoms with Gasteiger partial charge in [-0.2, -0.15) is 0 Å². The maximum atomic E-state index is 5.24. The number of likely N-dealkylation sites (N-methyl/N-ethyl adjacent to an activating group) is 1. The Morgan fingerprint density at radius 3 is 3.06 bits per heavy atom. The Morgan fingerprint density at radius 2 is 2.24 bits per heavy atom. The van der Waals surface area contributed by atoms with Crippen LogP contribution in [0.25, 0.3) is 0 Å². The Balaban J connectivity index is 1.93. The lowest BCUT2D eigenvalue weighted by molar-refractivity contribution is 0.568. The van der Waals surface area contributed by atoms with Crippen LogP contribution in [0.1, 0.15) is 17.2 Å². The molecule has 1 aromatic heterocycles. The summed E-state index contributed by atoms with van der Waals surface area (Å²) < 4.78 is 5.24. The van der Waals surface area contributed by atoms with Gasteiger partial charge in [0.15, 0.2) is 0 Å². The van der Waals surface area contributed by atoms with E-state index in [1.165, 1.54) is 11.1 Å². The van der Waals surface area contributed by atoms with Crippen LogP contribution in [0, 0.1) is 6.92 Å². The second-order valence-electron chi connectivity index (χ2n) is 4.66. The van der Waals surface area contributed by atoms with Crippen molar-refractivity contribution < 1.29 is 4.42 Å². The van der Waals surface area contributed by atoms with Crippen LogP contribution in [0.4, 0.5) is 11.4 Å². The minimum atomic E-state index is 0.324. The lowest BCUT2D eigenvalue weighted by atomic mass is 10.0. The summed E-state index contributed by atoms with van der Waals surface area (Å²) >= 11 is 0. The molecule has 88 valence electrons. The van der Waals surface area contributed by atoms with E-state index in [4.69, 9.17) is 4.42 Å². The predicted octanol–water partition coefficient (Wildman–Crippen LogP) is 3.19. The molecule has 3 rings (SSSR count). The standard InChI is InChI=1S/C14H16N2O/c1-10-4-3-5-11(6-10)12-7-16(2)14-9-17-8-13(14)15-12/h3-6,8-9,12,15H,7H2,1-2H3. The smallest absolute Gasteiger partial charge is 0.116 e. The molecule has 2 heterocycles. The van der Waals surface area contributed by atoms with Crippen LogP contribution in [0.3, 0.4) is 0 Å². The lowest BCUT2D eigenvalue weighted by Gasteiger charge is -2.32. The monoisotopic (exact) mass is 228 g/mol. The van der Waals surface area contributed by atoms with Crippen LogP contribution in [0.5, 0.6) is 0 Å². The summed E-state index contributed by atoms with van der Waals surface area (Å²) in [5.74, 6) is 0. The number of aryl methyl sites for hydroxylation is 1. The normalized spacial score (nSPS) is 18.7. The molecule has 1 N–H and O–H groups in total. The molecule has 1 aromatic carbocycles. The minimum Gasteiger partial charge on any atom is -0.468 e. The van der Waals surface area contributed by atoms with Crippen molar-refractivity contribution in [1.82, 2.24) is 0 Å². The summed E-state index contributed by atoms with van der Waals surface area (Å²) in [7, 11) is 2.10. The number of hydrogen-bond donors (Lipinski definition) is 1. The molecule has 0 aliphatic carbocycles. The second-order valence-corrected chi connectivity index (χ2v) is 4.66. The number of rotatable bonds is 1. The third-order valence-electron chi connectivity index (χ3n) is 3.28. The summed E-state index contributed by atoms with van der Waals surface area (Å²) in [5.41, 5.74) is 4.83. The van der Waals surface area contributed by atoms with Gasteiger partial charge in [-0.3, -0.25) is 0 Å². The highest BCUT2D eigenvalue weighted by Gasteiger charge is 2.23. The SMILES string of the molecule is Cc1cccc(C2CN(C)c3cocc3N2)c1. The van der Waals surface area contributed by atoms with Crippen LogP contribution in [0.2, 0.25) is 0 Å². The number of benzene rings is 1. The van der Waals surface area contributed by atoms with Gasteiger partial charge in [-0.25, -0.2) is 0 Å². The molecule has 0 spiro atoms. The average molecular weight is 228 g/mol. The van der Waals surface area contributed by atoms with Crippen LogP contribution in [-0.2, 0) is 0 Å². The number of nitrogens with one attached hydrogen (secondary N) is 1. The van der Waals surface area contributed by atoms with Crippen molar-refractivity contribution in [2.24, 2.45) is 0 Å². The first-order chi connectivity index (χ1) is 8.24. The molecule has 17 heavy (non-hydrogen) atoms. The van der Waals surface area contributed by atoms with E-state index < -0.39 is 0 Å². The highest BCUT2D eigenvalue weighted by Crippen LogP contribution is 2.35. The largest absolute Gasteiger partial charge is 0.468 e. The van der Waals surface area contributed by atoms with Crippen LogP contribution in [-0.4, -0.2) is 13.6 Å². The van der Waals surface area contributed by atoms with Gasteiger partial charge in [-0.1, -0.05) is 29.8 Å². The van der Waals surface area contributed by atoms with Gasteiger partial charge in [-0.05, 0) is 12.5 Å². The fraction of sp³-hybridized carbons (Fsp3) is 0.286. The molecule has 0 amide bonds. The first kappa shape index (κ1) is 10.3. The molecule has 1 aliphatic rings. The van der Waals surface area contributed by atoms with Gasteiger partial charge in [0.25, 0.3) is 0 Å². The van der Waals surface area contributed by atoms with Gasteiger partial charge in [0.1, 0.15) is 12.5 Å². The molecule has 3 heteroatoms. The van der Waals surface area contributed by atoms with E-state index in [1.54, 1.807) is 12.5 Å². The quantitative estimate of drug-likeness (QED) is 0.812. The van der Waals surface area contributed by atoms with Crippen LogP contribution in [0.15, 0.2) is 41.2 Å². The molecule has 0 radical (unpaired) electrons. The summed E-state index contributed by atoms with van der Waals surface area (Å²) in [6, 6.07) is 8.96. The molecule has 3 nitrogen and oxygen atoms in total. The van der Waals surface area contributed by atoms with E-state index in [-0.39, 0.29) is 0 Å². The fourth-order valence-electron chi connectivity index (χ4n) is 2.38. The molecular formula is C14H16N2O. The number of anilines is 2. The van der Waals surface area contributed by atoms with E-state index in [2.05, 4.69) is 48.5 Å². The molecule has 1 aliphatic heterocycles. The average Bonchev–Trinajstić information content (AvgIpc) is 2.77. The van der Waals surface area contributed by atoms with Gasteiger partial charge < -0.3 is 14.6 Å². The zero-order valence-corrected chi connectivity index (χ0v) is 10.1. The Hall–Kier alpha value is -1.90. The Labute approximate surface area is 101 Å². The zero-order valence-electron chi connectivity index (χ0n) is 10.1. The Bertz CT molecular complexity index is 533. The van der Waals surface area contributed by atoms with E-state index in [0.29, 0.717) is 6.04 Å². The Kier molecular flexibility index (Phi) is 2.32. The van der Waals surface area contributed by atoms with Crippen molar-refractivity contribution in [3.05, 3.63) is 47.9 Å².